The van der Waals surface area contributed by atoms with Crippen LogP contribution in [0.25, 0.3) is 0 Å². The Morgan fingerprint density at radius 3 is 2.88 bits per heavy atom. The lowest BCUT2D eigenvalue weighted by atomic mass is 10.1. The van der Waals surface area contributed by atoms with E-state index in [0.717, 1.165) is 0 Å². The molecular formula is C15H21N5O4S. The van der Waals surface area contributed by atoms with E-state index in [-0.39, 0.29) is 35.3 Å². The van der Waals surface area contributed by atoms with Crippen molar-refractivity contribution >= 4 is 21.6 Å². The minimum atomic E-state index is -3.21. The molecule has 2 heterocycles. The summed E-state index contributed by atoms with van der Waals surface area (Å²) in [4.78, 5) is 16.3. The molecule has 1 fully saturated rings. The number of carbonyl (C=O) groups excluding carboxylic acids is 1. The summed E-state index contributed by atoms with van der Waals surface area (Å²) in [6.07, 6.45) is 1.85. The van der Waals surface area contributed by atoms with E-state index in [2.05, 4.69) is 10.3 Å². The van der Waals surface area contributed by atoms with Crippen LogP contribution in [0.1, 0.15) is 29.4 Å². The highest BCUT2D eigenvalue weighted by molar-refractivity contribution is 7.88. The topological polar surface area (TPSA) is 138 Å². The van der Waals surface area contributed by atoms with Crippen LogP contribution in [-0.4, -0.2) is 56.1 Å². The maximum atomic E-state index is 12.3. The molecule has 2 rings (SSSR count). The Morgan fingerprint density at radius 2 is 2.32 bits per heavy atom. The summed E-state index contributed by atoms with van der Waals surface area (Å²) in [5.41, 5.74) is 6.06. The molecule has 0 bridgehead atoms. The van der Waals surface area contributed by atoms with Gasteiger partial charge in [0.25, 0.3) is 5.91 Å². The number of ether oxygens (including phenoxy) is 1. The van der Waals surface area contributed by atoms with Gasteiger partial charge in [-0.2, -0.15) is 5.26 Å². The van der Waals surface area contributed by atoms with E-state index in [1.165, 1.54) is 16.6 Å². The monoisotopic (exact) mass is 367 g/mol. The molecule has 136 valence electrons. The van der Waals surface area contributed by atoms with Crippen molar-refractivity contribution < 1.29 is 17.9 Å². The van der Waals surface area contributed by atoms with Gasteiger partial charge < -0.3 is 15.8 Å². The van der Waals surface area contributed by atoms with Gasteiger partial charge in [0.15, 0.2) is 0 Å². The molecule has 1 aliphatic rings. The minimum absolute atomic E-state index is 0.0271. The quantitative estimate of drug-likeness (QED) is 0.718. The molecule has 1 aliphatic heterocycles. The van der Waals surface area contributed by atoms with Crippen LogP contribution in [-0.2, 0) is 10.0 Å². The number of carbonyl (C=O) groups is 1. The third kappa shape index (κ3) is 4.58. The van der Waals surface area contributed by atoms with Crippen LogP contribution in [0.4, 0.5) is 5.69 Å². The number of amides is 1. The fourth-order valence-electron chi connectivity index (χ4n) is 2.60. The fourth-order valence-corrected chi connectivity index (χ4v) is 3.52. The Bertz CT molecular complexity index is 803. The van der Waals surface area contributed by atoms with Crippen molar-refractivity contribution in [2.75, 3.05) is 38.2 Å². The predicted molar refractivity (Wildman–Crippen MR) is 91.4 cm³/mol. The van der Waals surface area contributed by atoms with Crippen molar-refractivity contribution in [2.45, 2.75) is 13.3 Å². The van der Waals surface area contributed by atoms with Gasteiger partial charge in [-0.15, -0.1) is 0 Å². The van der Waals surface area contributed by atoms with Crippen molar-refractivity contribution in [3.8, 4) is 11.9 Å². The van der Waals surface area contributed by atoms with Crippen molar-refractivity contribution in [3.63, 3.8) is 0 Å². The molecule has 0 aromatic carbocycles. The van der Waals surface area contributed by atoms with Crippen LogP contribution >= 0.6 is 0 Å². The van der Waals surface area contributed by atoms with Crippen molar-refractivity contribution in [2.24, 2.45) is 5.92 Å². The number of rotatable bonds is 6. The number of hydrogen-bond acceptors (Lipinski definition) is 7. The first kappa shape index (κ1) is 19.0. The molecule has 0 saturated carbocycles. The lowest BCUT2D eigenvalue weighted by Crippen LogP contribution is -2.33. The normalized spacial score (nSPS) is 17.9. The Balaban J connectivity index is 2.03. The second kappa shape index (κ2) is 7.67. The number of aromatic nitrogens is 1. The lowest BCUT2D eigenvalue weighted by molar-refractivity contribution is 0.0942. The summed E-state index contributed by atoms with van der Waals surface area (Å²) in [6.45, 7) is 3.19. The molecule has 0 spiro atoms. The van der Waals surface area contributed by atoms with Gasteiger partial charge in [-0.25, -0.2) is 17.7 Å². The zero-order valence-corrected chi connectivity index (χ0v) is 15.0. The third-order valence-electron chi connectivity index (χ3n) is 3.91. The molecule has 0 unspecified atom stereocenters. The molecule has 0 radical (unpaired) electrons. The zero-order valence-electron chi connectivity index (χ0n) is 14.2. The van der Waals surface area contributed by atoms with Gasteiger partial charge >= 0.3 is 0 Å². The number of nitrogens with zero attached hydrogens (tertiary/aromatic N) is 3. The highest BCUT2D eigenvalue weighted by atomic mass is 32.2. The molecule has 0 aliphatic carbocycles. The van der Waals surface area contributed by atoms with Gasteiger partial charge in [-0.1, -0.05) is 0 Å². The largest absolute Gasteiger partial charge is 0.477 e. The summed E-state index contributed by atoms with van der Waals surface area (Å²) in [5.74, 6) is -0.380. The number of sulfonamides is 1. The van der Waals surface area contributed by atoms with E-state index in [1.807, 2.05) is 6.07 Å². The van der Waals surface area contributed by atoms with Gasteiger partial charge in [0.05, 0.1) is 18.6 Å². The molecule has 25 heavy (non-hydrogen) atoms. The van der Waals surface area contributed by atoms with Crippen LogP contribution < -0.4 is 15.8 Å². The van der Waals surface area contributed by atoms with Gasteiger partial charge in [0.1, 0.15) is 17.3 Å². The molecule has 1 amide bonds. The summed E-state index contributed by atoms with van der Waals surface area (Å²) < 4.78 is 29.7. The van der Waals surface area contributed by atoms with E-state index in [9.17, 15) is 13.2 Å². The number of hydrogen-bond donors (Lipinski definition) is 2. The van der Waals surface area contributed by atoms with Gasteiger partial charge in [0.2, 0.25) is 15.9 Å². The number of nitriles is 1. The SMILES string of the molecule is CCOc1nc(C(=O)NC[C@@H]2CCN(S(C)(=O)=O)C2)cc(N)c1C#N. The molecule has 9 nitrogen and oxygen atoms in total. The fraction of sp³-hybridized carbons (Fsp3) is 0.533. The van der Waals surface area contributed by atoms with Crippen LogP contribution in [0.2, 0.25) is 0 Å². The second-order valence-corrected chi connectivity index (χ2v) is 7.79. The van der Waals surface area contributed by atoms with Crippen LogP contribution in [0.15, 0.2) is 6.07 Å². The molecular weight excluding hydrogens is 346 g/mol. The molecule has 10 heteroatoms. The average Bonchev–Trinajstić information content (AvgIpc) is 3.02. The maximum Gasteiger partial charge on any atom is 0.270 e. The summed E-state index contributed by atoms with van der Waals surface area (Å²) in [5, 5.41) is 11.8. The van der Waals surface area contributed by atoms with Crippen molar-refractivity contribution in [1.82, 2.24) is 14.6 Å². The van der Waals surface area contributed by atoms with Crippen molar-refractivity contribution in [3.05, 3.63) is 17.3 Å². The Morgan fingerprint density at radius 1 is 1.60 bits per heavy atom. The zero-order chi connectivity index (χ0) is 18.6. The first-order valence-corrected chi connectivity index (χ1v) is 9.67. The minimum Gasteiger partial charge on any atom is -0.477 e. The molecule has 3 N–H and O–H groups in total. The lowest BCUT2D eigenvalue weighted by Gasteiger charge is -2.14. The first-order chi connectivity index (χ1) is 11.8. The standard InChI is InChI=1S/C15H21N5O4S/c1-3-24-15-11(7-16)12(17)6-13(19-15)14(21)18-8-10-4-5-20(9-10)25(2,22)23/h6,10H,3-5,8-9H2,1-2H3,(H2,17,19)(H,18,21)/t10-/m0/s1. The van der Waals surface area contributed by atoms with Crippen LogP contribution in [0, 0.1) is 17.2 Å². The third-order valence-corrected chi connectivity index (χ3v) is 5.18. The summed E-state index contributed by atoms with van der Waals surface area (Å²) >= 11 is 0. The van der Waals surface area contributed by atoms with Crippen LogP contribution in [0.5, 0.6) is 5.88 Å². The number of nitrogens with one attached hydrogen (secondary N) is 1. The van der Waals surface area contributed by atoms with E-state index in [4.69, 9.17) is 15.7 Å². The highest BCUT2D eigenvalue weighted by Gasteiger charge is 2.28. The highest BCUT2D eigenvalue weighted by Crippen LogP contribution is 2.23. The van der Waals surface area contributed by atoms with E-state index >= 15 is 0 Å². The number of pyridine rings is 1. The van der Waals surface area contributed by atoms with Crippen molar-refractivity contribution in [1.29, 1.82) is 5.26 Å². The maximum absolute atomic E-state index is 12.3. The molecule has 1 atom stereocenters. The van der Waals surface area contributed by atoms with Crippen LogP contribution in [0.3, 0.4) is 0 Å². The second-order valence-electron chi connectivity index (χ2n) is 5.81. The van der Waals surface area contributed by atoms with E-state index < -0.39 is 15.9 Å². The van der Waals surface area contributed by atoms with E-state index in [1.54, 1.807) is 6.92 Å². The number of nitrogens with two attached hydrogens (primary N) is 1. The van der Waals surface area contributed by atoms with Gasteiger partial charge in [0, 0.05) is 19.6 Å². The van der Waals surface area contributed by atoms with Gasteiger partial charge in [-0.05, 0) is 25.3 Å². The van der Waals surface area contributed by atoms with Gasteiger partial charge in [-0.3, -0.25) is 4.79 Å². The average molecular weight is 367 g/mol. The smallest absolute Gasteiger partial charge is 0.270 e. The Kier molecular flexibility index (Phi) is 5.81. The molecule has 1 saturated heterocycles. The number of nitrogen functional groups attached to an aromatic ring is 1. The Hall–Kier alpha value is -2.38. The first-order valence-electron chi connectivity index (χ1n) is 7.83. The molecule has 1 aromatic heterocycles. The number of anilines is 1. The van der Waals surface area contributed by atoms with E-state index in [0.29, 0.717) is 26.1 Å². The predicted octanol–water partition coefficient (Wildman–Crippen LogP) is -0.0545. The Labute approximate surface area is 146 Å². The summed E-state index contributed by atoms with van der Waals surface area (Å²) in [6, 6.07) is 3.23. The molecule has 1 aromatic rings. The summed E-state index contributed by atoms with van der Waals surface area (Å²) in [7, 11) is -3.21.